The minimum Gasteiger partial charge on any atom is -0.481 e. The van der Waals surface area contributed by atoms with Crippen LogP contribution in [0.5, 0.6) is 0 Å². The zero-order valence-electron chi connectivity index (χ0n) is 16.0. The number of imidazole rings is 1. The van der Waals surface area contributed by atoms with Gasteiger partial charge in [-0.05, 0) is 18.6 Å². The Hall–Kier alpha value is -2.39. The minimum absolute atomic E-state index is 0.0636. The maximum Gasteiger partial charge on any atom is 0.305 e. The van der Waals surface area contributed by atoms with Gasteiger partial charge >= 0.3 is 5.97 Å². The van der Waals surface area contributed by atoms with E-state index in [2.05, 4.69) is 4.98 Å². The lowest BCUT2D eigenvalue weighted by atomic mass is 10.1. The van der Waals surface area contributed by atoms with E-state index in [1.807, 2.05) is 40.3 Å². The molecule has 3 aromatic rings. The number of carboxylic acids is 1. The molecule has 30 heavy (non-hydrogen) atoms. The Balaban J connectivity index is 1.72. The van der Waals surface area contributed by atoms with Gasteiger partial charge in [-0.15, -0.1) is 0 Å². The van der Waals surface area contributed by atoms with Gasteiger partial charge in [-0.2, -0.15) is 0 Å². The van der Waals surface area contributed by atoms with Gasteiger partial charge in [0.2, 0.25) is 6.33 Å². The largest absolute Gasteiger partial charge is 0.481 e. The van der Waals surface area contributed by atoms with Crippen LogP contribution in [0.1, 0.15) is 12.8 Å². The third-order valence-electron chi connectivity index (χ3n) is 5.12. The monoisotopic (exact) mass is 451 g/mol. The zero-order chi connectivity index (χ0) is 21.3. The van der Waals surface area contributed by atoms with E-state index in [9.17, 15) is 9.90 Å². The number of aliphatic carboxylic acids is 1. The number of carboxylic acid groups (broad SMARTS) is 1. The highest BCUT2D eigenvalue weighted by molar-refractivity contribution is 6.45. The molecule has 158 valence electrons. The lowest BCUT2D eigenvalue weighted by Gasteiger charge is -2.26. The summed E-state index contributed by atoms with van der Waals surface area (Å²) in [7, 11) is 0. The molecule has 8 nitrogen and oxygen atoms in total. The fourth-order valence-corrected chi connectivity index (χ4v) is 4.07. The number of nitrogens with zero attached hydrogens (tertiary/aromatic N) is 3. The van der Waals surface area contributed by atoms with Crippen LogP contribution in [0.15, 0.2) is 36.9 Å². The van der Waals surface area contributed by atoms with Crippen molar-refractivity contribution in [3.63, 3.8) is 0 Å². The predicted octanol–water partition coefficient (Wildman–Crippen LogP) is 2.58. The molecule has 1 fully saturated rings. The lowest BCUT2D eigenvalue weighted by molar-refractivity contribution is -0.592. The number of carbonyl (C=O) groups is 1. The number of nitrogens with one attached hydrogen (secondary N) is 1. The molecule has 1 saturated heterocycles. The third-order valence-corrected chi connectivity index (χ3v) is 5.91. The smallest absolute Gasteiger partial charge is 0.305 e. The first-order valence-corrected chi connectivity index (χ1v) is 10.3. The lowest BCUT2D eigenvalue weighted by Crippen LogP contribution is -2.35. The van der Waals surface area contributed by atoms with Crippen LogP contribution >= 0.6 is 23.2 Å². The second-order valence-corrected chi connectivity index (χ2v) is 7.98. The molecule has 0 amide bonds. The minimum atomic E-state index is -0.908. The van der Waals surface area contributed by atoms with Crippen LogP contribution in [-0.2, 0) is 9.53 Å². The van der Waals surface area contributed by atoms with Crippen LogP contribution < -0.4 is 9.47 Å². The van der Waals surface area contributed by atoms with E-state index in [1.54, 1.807) is 6.07 Å². The Morgan fingerprint density at radius 2 is 2.23 bits per heavy atom. The number of rotatable bonds is 7. The molecule has 0 bridgehead atoms. The fourth-order valence-electron chi connectivity index (χ4n) is 3.71. The van der Waals surface area contributed by atoms with E-state index >= 15 is 0 Å². The number of aliphatic hydroxyl groups excluding tert-OH is 1. The Bertz CT molecular complexity index is 1060. The molecule has 3 heterocycles. The Morgan fingerprint density at radius 3 is 2.97 bits per heavy atom. The quantitative estimate of drug-likeness (QED) is 0.376. The van der Waals surface area contributed by atoms with Gasteiger partial charge < -0.3 is 19.8 Å². The van der Waals surface area contributed by atoms with Gasteiger partial charge in [-0.3, -0.25) is 4.79 Å². The third kappa shape index (κ3) is 4.22. The number of aliphatic hydroxyl groups is 1. The number of aromatic amines is 1. The van der Waals surface area contributed by atoms with Crippen LogP contribution in [0.2, 0.25) is 10.0 Å². The number of hydrogen-bond donors (Lipinski definition) is 3. The molecule has 1 aliphatic rings. The molecular formula is C20H21Cl2N4O4+. The van der Waals surface area contributed by atoms with Crippen molar-refractivity contribution in [2.75, 3.05) is 24.7 Å². The van der Waals surface area contributed by atoms with Crippen LogP contribution in [0, 0.1) is 0 Å². The van der Waals surface area contributed by atoms with Crippen molar-refractivity contribution in [2.45, 2.75) is 25.0 Å². The number of pyridine rings is 1. The normalized spacial score (nSPS) is 19.0. The number of anilines is 1. The topological polar surface area (TPSA) is 103 Å². The van der Waals surface area contributed by atoms with Crippen molar-refractivity contribution in [3.05, 3.63) is 47.0 Å². The highest BCUT2D eigenvalue weighted by Gasteiger charge is 2.33. The molecule has 0 unspecified atom stereocenters. The average Bonchev–Trinajstić information content (AvgIpc) is 3.37. The maximum atomic E-state index is 10.7. The first-order valence-electron chi connectivity index (χ1n) is 9.51. The van der Waals surface area contributed by atoms with Crippen molar-refractivity contribution in [2.24, 2.45) is 0 Å². The van der Waals surface area contributed by atoms with Crippen LogP contribution in [-0.4, -0.2) is 58.1 Å². The van der Waals surface area contributed by atoms with E-state index in [-0.39, 0.29) is 19.1 Å². The summed E-state index contributed by atoms with van der Waals surface area (Å²) in [6, 6.07) is 5.41. The zero-order valence-corrected chi connectivity index (χ0v) is 17.5. The summed E-state index contributed by atoms with van der Waals surface area (Å²) in [5.41, 5.74) is 1.43. The number of fused-ring (bicyclic) bond motifs is 1. The summed E-state index contributed by atoms with van der Waals surface area (Å²) in [4.78, 5) is 20.5. The number of ether oxygens (including phenoxy) is 1. The van der Waals surface area contributed by atoms with E-state index in [4.69, 9.17) is 38.0 Å². The van der Waals surface area contributed by atoms with Crippen LogP contribution in [0.3, 0.4) is 0 Å². The highest BCUT2D eigenvalue weighted by atomic mass is 35.5. The van der Waals surface area contributed by atoms with Gasteiger partial charge in [0.25, 0.3) is 0 Å². The molecule has 3 N–H and O–H groups in total. The van der Waals surface area contributed by atoms with Gasteiger partial charge in [-0.1, -0.05) is 23.2 Å². The van der Waals surface area contributed by atoms with Crippen LogP contribution in [0.25, 0.3) is 16.6 Å². The number of benzene rings is 1. The van der Waals surface area contributed by atoms with E-state index in [0.29, 0.717) is 41.0 Å². The summed E-state index contributed by atoms with van der Waals surface area (Å²) >= 11 is 12.7. The standard InChI is InChI=1S/C20H20Cl2N4O4/c21-15-2-1-14-16(25-5-4-23-11-25)8-17(24-20(14)19(15)22)26-9-13(27)7-12(26)10-30-6-3-18(28)29/h1-2,4-5,8,11-13,27H,3,6-7,9-10H2,(H,28,29)/p+1/t12-,13+/m0/s1. The molecule has 1 aromatic carbocycles. The molecule has 2 atom stereocenters. The first-order chi connectivity index (χ1) is 14.4. The molecule has 1 aliphatic heterocycles. The van der Waals surface area contributed by atoms with Crippen molar-refractivity contribution < 1.29 is 24.3 Å². The van der Waals surface area contributed by atoms with Crippen molar-refractivity contribution in [3.8, 4) is 5.69 Å². The molecule has 2 aromatic heterocycles. The van der Waals surface area contributed by atoms with Gasteiger partial charge in [0.05, 0.1) is 47.3 Å². The SMILES string of the molecule is O=C(O)CCOC[C@@H]1C[C@@H](O)CN1c1cc(-[n+]2cc[nH]c2)c2ccc(Cl)c(Cl)c2n1. The fraction of sp³-hybridized carbons (Fsp3) is 0.350. The van der Waals surface area contributed by atoms with E-state index in [1.165, 1.54) is 0 Å². The summed E-state index contributed by atoms with van der Waals surface area (Å²) in [6.45, 7) is 0.799. The van der Waals surface area contributed by atoms with Gasteiger partial charge in [0, 0.05) is 18.0 Å². The number of β-amino-alcohol motifs (C(OH)–C–C–N with tert-alkyl or cyclic N) is 1. The summed E-state index contributed by atoms with van der Waals surface area (Å²) in [5.74, 6) is -0.270. The van der Waals surface area contributed by atoms with E-state index < -0.39 is 12.1 Å². The van der Waals surface area contributed by atoms with Crippen molar-refractivity contribution in [1.82, 2.24) is 9.97 Å². The van der Waals surface area contributed by atoms with Crippen LogP contribution in [0.4, 0.5) is 5.82 Å². The predicted molar refractivity (Wildman–Crippen MR) is 112 cm³/mol. The Kier molecular flexibility index (Phi) is 6.10. The first kappa shape index (κ1) is 20.9. The van der Waals surface area contributed by atoms with Gasteiger partial charge in [-0.25, -0.2) is 14.5 Å². The molecule has 0 aliphatic carbocycles. The van der Waals surface area contributed by atoms with Gasteiger partial charge in [0.15, 0.2) is 0 Å². The number of aromatic nitrogens is 3. The summed E-state index contributed by atoms with van der Waals surface area (Å²) < 4.78 is 7.46. The molecule has 0 radical (unpaired) electrons. The van der Waals surface area contributed by atoms with Crippen molar-refractivity contribution in [1.29, 1.82) is 0 Å². The number of halogens is 2. The molecule has 0 saturated carbocycles. The summed E-state index contributed by atoms with van der Waals surface area (Å²) in [5, 5.41) is 20.7. The average molecular weight is 452 g/mol. The number of H-pyrrole nitrogens is 1. The summed E-state index contributed by atoms with van der Waals surface area (Å²) in [6.07, 6.45) is 5.41. The Morgan fingerprint density at radius 1 is 1.40 bits per heavy atom. The second-order valence-electron chi connectivity index (χ2n) is 7.19. The van der Waals surface area contributed by atoms with Gasteiger partial charge in [0.1, 0.15) is 23.9 Å². The van der Waals surface area contributed by atoms with E-state index in [0.717, 1.165) is 11.1 Å². The maximum absolute atomic E-state index is 10.7. The molecule has 10 heteroatoms. The molecular weight excluding hydrogens is 431 g/mol. The molecule has 4 rings (SSSR count). The highest BCUT2D eigenvalue weighted by Crippen LogP contribution is 2.35. The molecule has 0 spiro atoms. The Labute approximate surface area is 182 Å². The van der Waals surface area contributed by atoms with Crippen molar-refractivity contribution >= 4 is 45.9 Å². The second kappa shape index (κ2) is 8.77. The number of hydrogen-bond acceptors (Lipinski definition) is 5.